The molecule has 1 atom stereocenters. The van der Waals surface area contributed by atoms with E-state index in [9.17, 15) is 0 Å². The van der Waals surface area contributed by atoms with Gasteiger partial charge >= 0.3 is 0 Å². The molecule has 1 unspecified atom stereocenters. The number of aliphatic hydroxyl groups excluding tert-OH is 1. The molecule has 0 radical (unpaired) electrons. The Kier molecular flexibility index (Phi) is 6.34. The first-order valence-corrected chi connectivity index (χ1v) is 4.66. The van der Waals surface area contributed by atoms with E-state index < -0.39 is 0 Å². The predicted octanol–water partition coefficient (Wildman–Crippen LogP) is 0.631. The summed E-state index contributed by atoms with van der Waals surface area (Å²) in [6, 6.07) is 0. The SMILES string of the molecule is CC.CNCC1(CO)CCOC1. The van der Waals surface area contributed by atoms with Crippen LogP contribution in [0.2, 0.25) is 0 Å². The molecule has 0 aromatic heterocycles. The highest BCUT2D eigenvalue weighted by Crippen LogP contribution is 2.26. The fraction of sp³-hybridized carbons (Fsp3) is 1.00. The summed E-state index contributed by atoms with van der Waals surface area (Å²) < 4.78 is 5.20. The zero-order chi connectivity index (χ0) is 9.45. The lowest BCUT2D eigenvalue weighted by molar-refractivity contribution is 0.0942. The lowest BCUT2D eigenvalue weighted by Crippen LogP contribution is -2.36. The van der Waals surface area contributed by atoms with Crippen molar-refractivity contribution in [2.45, 2.75) is 20.3 Å². The van der Waals surface area contributed by atoms with Crippen LogP contribution in [-0.4, -0.2) is 38.5 Å². The van der Waals surface area contributed by atoms with Gasteiger partial charge in [-0.2, -0.15) is 0 Å². The Hall–Kier alpha value is -0.120. The van der Waals surface area contributed by atoms with Crippen LogP contribution in [0, 0.1) is 5.41 Å². The minimum Gasteiger partial charge on any atom is -0.396 e. The Morgan fingerprint density at radius 3 is 2.50 bits per heavy atom. The van der Waals surface area contributed by atoms with Crippen molar-refractivity contribution in [3.05, 3.63) is 0 Å². The average Bonchev–Trinajstić information content (AvgIpc) is 2.58. The van der Waals surface area contributed by atoms with Crippen molar-refractivity contribution in [2.75, 3.05) is 33.4 Å². The highest BCUT2D eigenvalue weighted by atomic mass is 16.5. The molecule has 1 heterocycles. The summed E-state index contributed by atoms with van der Waals surface area (Å²) in [6.07, 6.45) is 0.977. The van der Waals surface area contributed by atoms with E-state index in [1.165, 1.54) is 0 Å². The minimum absolute atomic E-state index is 0.00868. The molecule has 1 rings (SSSR count). The fourth-order valence-electron chi connectivity index (χ4n) is 1.34. The van der Waals surface area contributed by atoms with Crippen LogP contribution >= 0.6 is 0 Å². The second-order valence-corrected chi connectivity index (χ2v) is 2.99. The Labute approximate surface area is 75.1 Å². The molecule has 1 aliphatic rings. The quantitative estimate of drug-likeness (QED) is 0.661. The standard InChI is InChI=1S/C7H15NO2.C2H6/c1-8-4-7(5-9)2-3-10-6-7;1-2/h8-9H,2-6H2,1H3;1-2H3. The van der Waals surface area contributed by atoms with Gasteiger partial charge in [0.15, 0.2) is 0 Å². The first kappa shape index (κ1) is 11.9. The second kappa shape index (κ2) is 6.40. The minimum atomic E-state index is 0.00868. The Bertz CT molecular complexity index is 101. The molecule has 3 heteroatoms. The molecule has 1 fully saturated rings. The van der Waals surface area contributed by atoms with Gasteiger partial charge in [0.05, 0.1) is 13.2 Å². The van der Waals surface area contributed by atoms with E-state index in [-0.39, 0.29) is 12.0 Å². The van der Waals surface area contributed by atoms with E-state index in [1.54, 1.807) is 0 Å². The van der Waals surface area contributed by atoms with Crippen LogP contribution in [0.1, 0.15) is 20.3 Å². The van der Waals surface area contributed by atoms with Gasteiger partial charge in [0, 0.05) is 18.6 Å². The van der Waals surface area contributed by atoms with Crippen molar-refractivity contribution in [3.63, 3.8) is 0 Å². The smallest absolute Gasteiger partial charge is 0.0557 e. The van der Waals surface area contributed by atoms with Crippen LogP contribution < -0.4 is 5.32 Å². The van der Waals surface area contributed by atoms with Gasteiger partial charge in [0.1, 0.15) is 0 Å². The molecular weight excluding hydrogens is 154 g/mol. The van der Waals surface area contributed by atoms with Crippen LogP contribution in [0.5, 0.6) is 0 Å². The molecule has 0 aromatic carbocycles. The second-order valence-electron chi connectivity index (χ2n) is 2.99. The van der Waals surface area contributed by atoms with Crippen LogP contribution in [0.4, 0.5) is 0 Å². The maximum absolute atomic E-state index is 9.03. The average molecular weight is 175 g/mol. The van der Waals surface area contributed by atoms with Crippen LogP contribution in [-0.2, 0) is 4.74 Å². The van der Waals surface area contributed by atoms with E-state index in [0.717, 1.165) is 19.6 Å². The van der Waals surface area contributed by atoms with Gasteiger partial charge in [0.25, 0.3) is 0 Å². The molecule has 3 nitrogen and oxygen atoms in total. The topological polar surface area (TPSA) is 41.5 Å². The molecule has 2 N–H and O–H groups in total. The fourth-order valence-corrected chi connectivity index (χ4v) is 1.34. The van der Waals surface area contributed by atoms with E-state index in [1.807, 2.05) is 20.9 Å². The van der Waals surface area contributed by atoms with Crippen molar-refractivity contribution in [1.29, 1.82) is 0 Å². The van der Waals surface area contributed by atoms with E-state index in [2.05, 4.69) is 5.32 Å². The third-order valence-electron chi connectivity index (χ3n) is 2.07. The van der Waals surface area contributed by atoms with Crippen LogP contribution in [0.25, 0.3) is 0 Å². The third-order valence-corrected chi connectivity index (χ3v) is 2.07. The first-order valence-electron chi connectivity index (χ1n) is 4.66. The summed E-state index contributed by atoms with van der Waals surface area (Å²) in [5, 5.41) is 12.1. The molecule has 0 amide bonds. The van der Waals surface area contributed by atoms with Crippen LogP contribution in [0.3, 0.4) is 0 Å². The Morgan fingerprint density at radius 2 is 2.17 bits per heavy atom. The van der Waals surface area contributed by atoms with Gasteiger partial charge in [-0.05, 0) is 13.5 Å². The maximum atomic E-state index is 9.03. The number of rotatable bonds is 3. The summed E-state index contributed by atoms with van der Waals surface area (Å²) >= 11 is 0. The van der Waals surface area contributed by atoms with Crippen molar-refractivity contribution < 1.29 is 9.84 Å². The normalized spacial score (nSPS) is 28.0. The number of hydrogen-bond acceptors (Lipinski definition) is 3. The molecule has 0 aromatic rings. The maximum Gasteiger partial charge on any atom is 0.0557 e. The van der Waals surface area contributed by atoms with E-state index >= 15 is 0 Å². The lowest BCUT2D eigenvalue weighted by atomic mass is 9.88. The third kappa shape index (κ3) is 3.09. The van der Waals surface area contributed by atoms with Crippen molar-refractivity contribution >= 4 is 0 Å². The van der Waals surface area contributed by atoms with Gasteiger partial charge in [-0.25, -0.2) is 0 Å². The van der Waals surface area contributed by atoms with Gasteiger partial charge in [-0.1, -0.05) is 13.8 Å². The Balaban J connectivity index is 0.000000561. The summed E-state index contributed by atoms with van der Waals surface area (Å²) in [7, 11) is 1.90. The number of nitrogens with one attached hydrogen (secondary N) is 1. The summed E-state index contributed by atoms with van der Waals surface area (Å²) in [5.74, 6) is 0. The molecule has 1 saturated heterocycles. The summed E-state index contributed by atoms with van der Waals surface area (Å²) in [5.41, 5.74) is 0.00868. The monoisotopic (exact) mass is 175 g/mol. The molecule has 0 bridgehead atoms. The van der Waals surface area contributed by atoms with Crippen LogP contribution in [0.15, 0.2) is 0 Å². The van der Waals surface area contributed by atoms with Gasteiger partial charge in [-0.3, -0.25) is 0 Å². The van der Waals surface area contributed by atoms with E-state index in [4.69, 9.17) is 9.84 Å². The highest BCUT2D eigenvalue weighted by Gasteiger charge is 2.33. The highest BCUT2D eigenvalue weighted by molar-refractivity contribution is 4.83. The van der Waals surface area contributed by atoms with Gasteiger partial charge in [0.2, 0.25) is 0 Å². The van der Waals surface area contributed by atoms with Crippen molar-refractivity contribution in [2.24, 2.45) is 5.41 Å². The number of ether oxygens (including phenoxy) is 1. The number of hydrogen-bond donors (Lipinski definition) is 2. The van der Waals surface area contributed by atoms with Crippen molar-refractivity contribution in [3.8, 4) is 0 Å². The first-order chi connectivity index (χ1) is 5.83. The molecule has 1 aliphatic heterocycles. The zero-order valence-electron chi connectivity index (χ0n) is 8.39. The predicted molar refractivity (Wildman–Crippen MR) is 50.2 cm³/mol. The van der Waals surface area contributed by atoms with E-state index in [0.29, 0.717) is 6.61 Å². The zero-order valence-corrected chi connectivity index (χ0v) is 8.39. The lowest BCUT2D eigenvalue weighted by Gasteiger charge is -2.23. The molecule has 0 spiro atoms. The molecule has 0 saturated carbocycles. The summed E-state index contributed by atoms with van der Waals surface area (Å²) in [4.78, 5) is 0. The molecule has 0 aliphatic carbocycles. The largest absolute Gasteiger partial charge is 0.396 e. The number of aliphatic hydroxyl groups is 1. The Morgan fingerprint density at radius 1 is 1.50 bits per heavy atom. The molecule has 74 valence electrons. The van der Waals surface area contributed by atoms with Crippen molar-refractivity contribution in [1.82, 2.24) is 5.32 Å². The van der Waals surface area contributed by atoms with Gasteiger partial charge in [-0.15, -0.1) is 0 Å². The summed E-state index contributed by atoms with van der Waals surface area (Å²) in [6.45, 7) is 6.57. The van der Waals surface area contributed by atoms with Gasteiger partial charge < -0.3 is 15.2 Å². The molecular formula is C9H21NO2. The molecule has 12 heavy (non-hydrogen) atoms.